The topological polar surface area (TPSA) is 55.4 Å². The highest BCUT2D eigenvalue weighted by Gasteiger charge is 2.08. The second-order valence-corrected chi connectivity index (χ2v) is 7.46. The number of hydrogen-bond donors (Lipinski definition) is 1. The Labute approximate surface area is 160 Å². The molecular formula is C20H17NO3S2. The number of thioether (sulfide) groups is 1. The van der Waals surface area contributed by atoms with Crippen LogP contribution in [0.5, 0.6) is 5.75 Å². The van der Waals surface area contributed by atoms with Gasteiger partial charge in [0.25, 0.3) is 5.91 Å². The fraction of sp³-hybridized carbons (Fsp3) is 0.100. The average Bonchev–Trinajstić information content (AvgIpc) is 3.19. The molecule has 26 heavy (non-hydrogen) atoms. The van der Waals surface area contributed by atoms with Gasteiger partial charge in [0.15, 0.2) is 0 Å². The van der Waals surface area contributed by atoms with Crippen molar-refractivity contribution in [1.29, 1.82) is 0 Å². The van der Waals surface area contributed by atoms with Crippen LogP contribution < -0.4 is 10.1 Å². The predicted molar refractivity (Wildman–Crippen MR) is 106 cm³/mol. The molecule has 3 rings (SSSR count). The number of ether oxygens (including phenoxy) is 1. The smallest absolute Gasteiger partial charge is 0.312 e. The summed E-state index contributed by atoms with van der Waals surface area (Å²) < 4.78 is 5.32. The molecule has 0 spiro atoms. The fourth-order valence-corrected chi connectivity index (χ4v) is 3.63. The van der Waals surface area contributed by atoms with E-state index in [9.17, 15) is 9.59 Å². The lowest BCUT2D eigenvalue weighted by atomic mass is 10.3. The number of rotatable bonds is 7. The van der Waals surface area contributed by atoms with Gasteiger partial charge >= 0.3 is 5.97 Å². The summed E-state index contributed by atoms with van der Waals surface area (Å²) in [5, 5.41) is 4.66. The molecule has 0 aliphatic rings. The highest BCUT2D eigenvalue weighted by molar-refractivity contribution is 7.99. The van der Waals surface area contributed by atoms with Crippen molar-refractivity contribution in [2.75, 3.05) is 11.1 Å². The third-order valence-electron chi connectivity index (χ3n) is 3.41. The molecule has 2 aromatic carbocycles. The largest absolute Gasteiger partial charge is 0.427 e. The first kappa shape index (κ1) is 18.2. The fourth-order valence-electron chi connectivity index (χ4n) is 2.16. The molecule has 1 aromatic heterocycles. The standard InChI is InChI=1S/C20H17NO3S2/c22-19(12-14-25-17-5-2-1-3-6-17)24-16-10-8-15(9-11-16)21-20(23)18-7-4-13-26-18/h1-11,13H,12,14H2,(H,21,23). The SMILES string of the molecule is O=C(CCSc1ccccc1)Oc1ccc(NC(=O)c2cccs2)cc1. The minimum atomic E-state index is -0.274. The zero-order chi connectivity index (χ0) is 18.2. The van der Waals surface area contributed by atoms with Gasteiger partial charge in [-0.05, 0) is 47.8 Å². The molecule has 0 saturated heterocycles. The van der Waals surface area contributed by atoms with E-state index in [2.05, 4.69) is 5.32 Å². The summed E-state index contributed by atoms with van der Waals surface area (Å²) in [6.45, 7) is 0. The van der Waals surface area contributed by atoms with Gasteiger partial charge in [-0.25, -0.2) is 0 Å². The minimum Gasteiger partial charge on any atom is -0.427 e. The Morgan fingerprint density at radius 1 is 0.962 bits per heavy atom. The molecule has 0 saturated carbocycles. The van der Waals surface area contributed by atoms with Crippen molar-refractivity contribution in [3.8, 4) is 5.75 Å². The summed E-state index contributed by atoms with van der Waals surface area (Å²) in [5.74, 6) is 0.706. The first-order chi connectivity index (χ1) is 12.7. The lowest BCUT2D eigenvalue weighted by Crippen LogP contribution is -2.11. The number of esters is 1. The van der Waals surface area contributed by atoms with Gasteiger partial charge < -0.3 is 10.1 Å². The molecule has 0 fully saturated rings. The Morgan fingerprint density at radius 2 is 1.73 bits per heavy atom. The van der Waals surface area contributed by atoms with Crippen LogP contribution in [0.4, 0.5) is 5.69 Å². The molecular weight excluding hydrogens is 366 g/mol. The number of hydrogen-bond acceptors (Lipinski definition) is 5. The van der Waals surface area contributed by atoms with Crippen molar-refractivity contribution in [3.05, 3.63) is 77.0 Å². The summed E-state index contributed by atoms with van der Waals surface area (Å²) in [6.07, 6.45) is 0.330. The van der Waals surface area contributed by atoms with Crippen LogP contribution in [-0.4, -0.2) is 17.6 Å². The molecule has 1 N–H and O–H groups in total. The van der Waals surface area contributed by atoms with Gasteiger partial charge in [0.1, 0.15) is 5.75 Å². The normalized spacial score (nSPS) is 10.3. The zero-order valence-electron chi connectivity index (χ0n) is 13.9. The lowest BCUT2D eigenvalue weighted by Gasteiger charge is -2.07. The van der Waals surface area contributed by atoms with Crippen molar-refractivity contribution < 1.29 is 14.3 Å². The van der Waals surface area contributed by atoms with E-state index in [-0.39, 0.29) is 11.9 Å². The van der Waals surface area contributed by atoms with Crippen molar-refractivity contribution in [2.45, 2.75) is 11.3 Å². The Morgan fingerprint density at radius 3 is 2.42 bits per heavy atom. The van der Waals surface area contributed by atoms with E-state index in [0.717, 1.165) is 4.90 Å². The molecule has 0 aliphatic heterocycles. The molecule has 0 unspecified atom stereocenters. The molecule has 6 heteroatoms. The highest BCUT2D eigenvalue weighted by Crippen LogP contribution is 2.20. The number of carbonyl (C=O) groups is 2. The van der Waals surface area contributed by atoms with Gasteiger partial charge in [-0.3, -0.25) is 9.59 Å². The monoisotopic (exact) mass is 383 g/mol. The van der Waals surface area contributed by atoms with Crippen LogP contribution in [0.3, 0.4) is 0 Å². The second kappa shape index (κ2) is 9.22. The summed E-state index contributed by atoms with van der Waals surface area (Å²) in [4.78, 5) is 25.7. The van der Waals surface area contributed by atoms with Crippen LogP contribution in [0.15, 0.2) is 77.0 Å². The van der Waals surface area contributed by atoms with Crippen LogP contribution in [0.25, 0.3) is 0 Å². The van der Waals surface area contributed by atoms with Crippen LogP contribution in [0, 0.1) is 0 Å². The maximum atomic E-state index is 12.0. The molecule has 1 heterocycles. The molecule has 0 radical (unpaired) electrons. The molecule has 1 amide bonds. The quantitative estimate of drug-likeness (QED) is 0.351. The zero-order valence-corrected chi connectivity index (χ0v) is 15.5. The van der Waals surface area contributed by atoms with Gasteiger partial charge in [0.2, 0.25) is 0 Å². The van der Waals surface area contributed by atoms with E-state index in [1.54, 1.807) is 42.1 Å². The van der Waals surface area contributed by atoms with E-state index < -0.39 is 0 Å². The molecule has 0 bridgehead atoms. The van der Waals surface area contributed by atoms with Crippen molar-refractivity contribution in [2.24, 2.45) is 0 Å². The molecule has 3 aromatic rings. The summed E-state index contributed by atoms with van der Waals surface area (Å²) in [5.41, 5.74) is 0.655. The van der Waals surface area contributed by atoms with Crippen LogP contribution in [0.1, 0.15) is 16.1 Å². The molecule has 132 valence electrons. The van der Waals surface area contributed by atoms with E-state index in [4.69, 9.17) is 4.74 Å². The van der Waals surface area contributed by atoms with Crippen molar-refractivity contribution in [3.63, 3.8) is 0 Å². The van der Waals surface area contributed by atoms with Crippen molar-refractivity contribution in [1.82, 2.24) is 0 Å². The first-order valence-electron chi connectivity index (χ1n) is 8.04. The van der Waals surface area contributed by atoms with Gasteiger partial charge in [-0.1, -0.05) is 24.3 Å². The van der Waals surface area contributed by atoms with E-state index in [1.165, 1.54) is 11.3 Å². The van der Waals surface area contributed by atoms with Gasteiger partial charge in [0, 0.05) is 16.3 Å². The minimum absolute atomic E-state index is 0.150. The Hall–Kier alpha value is -2.57. The summed E-state index contributed by atoms with van der Waals surface area (Å²) in [6, 6.07) is 20.3. The van der Waals surface area contributed by atoms with Gasteiger partial charge in [-0.2, -0.15) is 0 Å². The van der Waals surface area contributed by atoms with Gasteiger partial charge in [-0.15, -0.1) is 23.1 Å². The number of thiophene rings is 1. The van der Waals surface area contributed by atoms with Crippen LogP contribution in [0.2, 0.25) is 0 Å². The van der Waals surface area contributed by atoms with E-state index in [0.29, 0.717) is 28.5 Å². The molecule has 0 atom stereocenters. The number of anilines is 1. The number of carbonyl (C=O) groups excluding carboxylic acids is 2. The molecule has 0 aliphatic carbocycles. The Balaban J connectivity index is 1.44. The van der Waals surface area contributed by atoms with Crippen LogP contribution in [-0.2, 0) is 4.79 Å². The van der Waals surface area contributed by atoms with E-state index >= 15 is 0 Å². The average molecular weight is 383 g/mol. The first-order valence-corrected chi connectivity index (χ1v) is 9.91. The van der Waals surface area contributed by atoms with E-state index in [1.807, 2.05) is 41.8 Å². The third-order valence-corrected chi connectivity index (χ3v) is 5.29. The second-order valence-electron chi connectivity index (χ2n) is 5.34. The molecule has 4 nitrogen and oxygen atoms in total. The Bertz CT molecular complexity index is 847. The maximum absolute atomic E-state index is 12.0. The third kappa shape index (κ3) is 5.47. The highest BCUT2D eigenvalue weighted by atomic mass is 32.2. The maximum Gasteiger partial charge on any atom is 0.312 e. The number of nitrogens with one attached hydrogen (secondary N) is 1. The lowest BCUT2D eigenvalue weighted by molar-refractivity contribution is -0.133. The number of benzene rings is 2. The summed E-state index contributed by atoms with van der Waals surface area (Å²) >= 11 is 3.00. The predicted octanol–water partition coefficient (Wildman–Crippen LogP) is 5.09. The van der Waals surface area contributed by atoms with Crippen LogP contribution >= 0.6 is 23.1 Å². The van der Waals surface area contributed by atoms with Crippen molar-refractivity contribution >= 4 is 40.7 Å². The van der Waals surface area contributed by atoms with Gasteiger partial charge in [0.05, 0.1) is 11.3 Å². The number of amides is 1. The Kier molecular flexibility index (Phi) is 6.46. The summed E-state index contributed by atoms with van der Waals surface area (Å²) in [7, 11) is 0.